The Balaban J connectivity index is 1.52. The number of nitrogens with one attached hydrogen (secondary N) is 2. The van der Waals surface area contributed by atoms with Crippen molar-refractivity contribution in [2.75, 3.05) is 19.7 Å². The van der Waals surface area contributed by atoms with Crippen molar-refractivity contribution in [2.24, 2.45) is 0 Å². The van der Waals surface area contributed by atoms with Crippen LogP contribution in [0, 0.1) is 0 Å². The van der Waals surface area contributed by atoms with Crippen molar-refractivity contribution in [1.29, 1.82) is 0 Å². The van der Waals surface area contributed by atoms with Gasteiger partial charge in [-0.05, 0) is 37.7 Å². The predicted molar refractivity (Wildman–Crippen MR) is 84.4 cm³/mol. The molecular formula is C17H24N2O3. The maximum absolute atomic E-state index is 11.6. The Morgan fingerprint density at radius 3 is 2.59 bits per heavy atom. The van der Waals surface area contributed by atoms with Gasteiger partial charge in [0.2, 0.25) is 0 Å². The van der Waals surface area contributed by atoms with Gasteiger partial charge in [-0.25, -0.2) is 0 Å². The van der Waals surface area contributed by atoms with Crippen LogP contribution in [0.2, 0.25) is 0 Å². The lowest BCUT2D eigenvalue weighted by molar-refractivity contribution is -0.139. The van der Waals surface area contributed by atoms with E-state index in [4.69, 9.17) is 4.74 Å². The molecule has 1 saturated heterocycles. The maximum Gasteiger partial charge on any atom is 0.309 e. The lowest BCUT2D eigenvalue weighted by Crippen LogP contribution is -2.42. The van der Waals surface area contributed by atoms with E-state index in [9.17, 15) is 9.59 Å². The van der Waals surface area contributed by atoms with Gasteiger partial charge in [0.1, 0.15) is 0 Å². The molecule has 1 heterocycles. The standard InChI is InChI=1S/C17H24N2O3/c20-16(17(21)19-13-15-10-6-12-22-15)18-11-5-4-9-14-7-2-1-3-8-14/h1-3,7-8,15H,4-6,9-13H2,(H,18,20)(H,19,21)/t15-/m0/s1. The summed E-state index contributed by atoms with van der Waals surface area (Å²) in [7, 11) is 0. The van der Waals surface area contributed by atoms with Crippen LogP contribution in [-0.4, -0.2) is 37.6 Å². The first-order valence-corrected chi connectivity index (χ1v) is 7.97. The number of amides is 2. The van der Waals surface area contributed by atoms with Crippen LogP contribution in [0.5, 0.6) is 0 Å². The Kier molecular flexibility index (Phi) is 6.90. The summed E-state index contributed by atoms with van der Waals surface area (Å²) in [5.74, 6) is -1.13. The monoisotopic (exact) mass is 304 g/mol. The minimum Gasteiger partial charge on any atom is -0.376 e. The minimum atomic E-state index is -0.571. The molecule has 5 nitrogen and oxygen atoms in total. The molecule has 2 amide bonds. The highest BCUT2D eigenvalue weighted by Gasteiger charge is 2.18. The average molecular weight is 304 g/mol. The van der Waals surface area contributed by atoms with E-state index < -0.39 is 11.8 Å². The van der Waals surface area contributed by atoms with E-state index in [1.807, 2.05) is 18.2 Å². The zero-order chi connectivity index (χ0) is 15.6. The molecule has 0 spiro atoms. The SMILES string of the molecule is O=C(NCCCCc1ccccc1)C(=O)NC[C@@H]1CCCO1. The maximum atomic E-state index is 11.6. The molecule has 2 N–H and O–H groups in total. The van der Waals surface area contributed by atoms with E-state index in [1.165, 1.54) is 5.56 Å². The summed E-state index contributed by atoms with van der Waals surface area (Å²) in [4.78, 5) is 23.2. The molecule has 0 radical (unpaired) electrons. The summed E-state index contributed by atoms with van der Waals surface area (Å²) >= 11 is 0. The highest BCUT2D eigenvalue weighted by Crippen LogP contribution is 2.10. The second kappa shape index (κ2) is 9.20. The van der Waals surface area contributed by atoms with Crippen LogP contribution in [0.15, 0.2) is 30.3 Å². The summed E-state index contributed by atoms with van der Waals surface area (Å²) in [6.07, 6.45) is 4.86. The average Bonchev–Trinajstić information content (AvgIpc) is 3.06. The van der Waals surface area contributed by atoms with E-state index in [-0.39, 0.29) is 6.10 Å². The number of hydrogen-bond donors (Lipinski definition) is 2. The molecule has 1 aliphatic heterocycles. The second-order valence-electron chi connectivity index (χ2n) is 5.54. The molecule has 1 aliphatic rings. The lowest BCUT2D eigenvalue weighted by atomic mass is 10.1. The smallest absolute Gasteiger partial charge is 0.309 e. The number of aryl methyl sites for hydroxylation is 1. The van der Waals surface area contributed by atoms with Gasteiger partial charge in [0.25, 0.3) is 0 Å². The zero-order valence-electron chi connectivity index (χ0n) is 12.8. The van der Waals surface area contributed by atoms with Gasteiger partial charge in [0.05, 0.1) is 6.10 Å². The normalized spacial score (nSPS) is 17.2. The van der Waals surface area contributed by atoms with Gasteiger partial charge in [-0.15, -0.1) is 0 Å². The van der Waals surface area contributed by atoms with Gasteiger partial charge in [0, 0.05) is 19.7 Å². The van der Waals surface area contributed by atoms with Crippen LogP contribution >= 0.6 is 0 Å². The molecule has 1 fully saturated rings. The first-order chi connectivity index (χ1) is 10.8. The third kappa shape index (κ3) is 5.85. The Labute approximate surface area is 131 Å². The first kappa shape index (κ1) is 16.5. The zero-order valence-corrected chi connectivity index (χ0v) is 12.8. The van der Waals surface area contributed by atoms with Crippen LogP contribution in [0.3, 0.4) is 0 Å². The van der Waals surface area contributed by atoms with Gasteiger partial charge in [-0.1, -0.05) is 30.3 Å². The Morgan fingerprint density at radius 1 is 1.09 bits per heavy atom. The van der Waals surface area contributed by atoms with Gasteiger partial charge in [0.15, 0.2) is 0 Å². The molecule has 0 aliphatic carbocycles. The van der Waals surface area contributed by atoms with E-state index >= 15 is 0 Å². The number of carbonyl (C=O) groups excluding carboxylic acids is 2. The molecule has 1 aromatic carbocycles. The van der Waals surface area contributed by atoms with Crippen LogP contribution in [0.1, 0.15) is 31.2 Å². The molecule has 1 atom stereocenters. The highest BCUT2D eigenvalue weighted by atomic mass is 16.5. The van der Waals surface area contributed by atoms with Crippen molar-refractivity contribution in [3.05, 3.63) is 35.9 Å². The number of unbranched alkanes of at least 4 members (excludes halogenated alkanes) is 1. The first-order valence-electron chi connectivity index (χ1n) is 7.97. The quantitative estimate of drug-likeness (QED) is 0.591. The van der Waals surface area contributed by atoms with E-state index in [1.54, 1.807) is 0 Å². The van der Waals surface area contributed by atoms with Crippen molar-refractivity contribution >= 4 is 11.8 Å². The van der Waals surface area contributed by atoms with Crippen molar-refractivity contribution in [2.45, 2.75) is 38.2 Å². The molecule has 22 heavy (non-hydrogen) atoms. The van der Waals surface area contributed by atoms with Crippen LogP contribution < -0.4 is 10.6 Å². The third-order valence-electron chi connectivity index (χ3n) is 3.74. The Morgan fingerprint density at radius 2 is 1.86 bits per heavy atom. The largest absolute Gasteiger partial charge is 0.376 e. The van der Waals surface area contributed by atoms with Crippen molar-refractivity contribution in [1.82, 2.24) is 10.6 Å². The van der Waals surface area contributed by atoms with Gasteiger partial charge in [-0.2, -0.15) is 0 Å². The van der Waals surface area contributed by atoms with E-state index in [0.29, 0.717) is 13.1 Å². The molecule has 120 valence electrons. The Bertz CT molecular complexity index is 470. The molecule has 1 aromatic rings. The fourth-order valence-corrected chi connectivity index (χ4v) is 2.47. The van der Waals surface area contributed by atoms with Crippen LogP contribution in [0.25, 0.3) is 0 Å². The fraction of sp³-hybridized carbons (Fsp3) is 0.529. The van der Waals surface area contributed by atoms with Crippen molar-refractivity contribution in [3.63, 3.8) is 0 Å². The molecule has 2 rings (SSSR count). The third-order valence-corrected chi connectivity index (χ3v) is 3.74. The highest BCUT2D eigenvalue weighted by molar-refractivity contribution is 6.35. The number of ether oxygens (including phenoxy) is 1. The fourth-order valence-electron chi connectivity index (χ4n) is 2.47. The number of benzene rings is 1. The summed E-state index contributed by atoms with van der Waals surface area (Å²) < 4.78 is 5.39. The minimum absolute atomic E-state index is 0.0580. The summed E-state index contributed by atoms with van der Waals surface area (Å²) in [5, 5.41) is 5.27. The predicted octanol–water partition coefficient (Wildman–Crippen LogP) is 1.42. The second-order valence-corrected chi connectivity index (χ2v) is 5.54. The van der Waals surface area contributed by atoms with Crippen LogP contribution in [-0.2, 0) is 20.7 Å². The molecule has 5 heteroatoms. The lowest BCUT2D eigenvalue weighted by Gasteiger charge is -2.10. The van der Waals surface area contributed by atoms with E-state index in [0.717, 1.165) is 38.7 Å². The van der Waals surface area contributed by atoms with Gasteiger partial charge in [-0.3, -0.25) is 9.59 Å². The molecule has 0 saturated carbocycles. The van der Waals surface area contributed by atoms with Crippen LogP contribution in [0.4, 0.5) is 0 Å². The summed E-state index contributed by atoms with van der Waals surface area (Å²) in [6.45, 7) is 1.69. The number of carbonyl (C=O) groups is 2. The van der Waals surface area contributed by atoms with Gasteiger partial charge >= 0.3 is 11.8 Å². The number of hydrogen-bond acceptors (Lipinski definition) is 3. The topological polar surface area (TPSA) is 67.4 Å². The Hall–Kier alpha value is -1.88. The van der Waals surface area contributed by atoms with E-state index in [2.05, 4.69) is 22.8 Å². The molecule has 0 bridgehead atoms. The molecule has 0 aromatic heterocycles. The summed E-state index contributed by atoms with van der Waals surface area (Å²) in [5.41, 5.74) is 1.29. The molecular weight excluding hydrogens is 280 g/mol. The molecule has 0 unspecified atom stereocenters. The van der Waals surface area contributed by atoms with Gasteiger partial charge < -0.3 is 15.4 Å². The van der Waals surface area contributed by atoms with Crippen molar-refractivity contribution in [3.8, 4) is 0 Å². The summed E-state index contributed by atoms with van der Waals surface area (Å²) in [6, 6.07) is 10.2. The number of rotatable bonds is 7. The van der Waals surface area contributed by atoms with Crippen molar-refractivity contribution < 1.29 is 14.3 Å².